The van der Waals surface area contributed by atoms with Gasteiger partial charge < -0.3 is 10.1 Å². The Hall–Kier alpha value is -1.16. The molecular weight excluding hydrogens is 326 g/mol. The molecule has 1 unspecified atom stereocenters. The van der Waals surface area contributed by atoms with E-state index in [1.807, 2.05) is 30.9 Å². The van der Waals surface area contributed by atoms with E-state index in [0.717, 1.165) is 18.7 Å². The summed E-state index contributed by atoms with van der Waals surface area (Å²) in [5.41, 5.74) is 1.22. The van der Waals surface area contributed by atoms with Gasteiger partial charge in [-0.2, -0.15) is 0 Å². The number of ether oxygens (including phenoxy) is 1. The monoisotopic (exact) mass is 351 g/mol. The average Bonchev–Trinajstić information content (AvgIpc) is 2.53. The minimum Gasteiger partial charge on any atom is -0.485 e. The van der Waals surface area contributed by atoms with Crippen molar-refractivity contribution >= 4 is 24.2 Å². The van der Waals surface area contributed by atoms with Gasteiger partial charge in [0.15, 0.2) is 0 Å². The lowest BCUT2D eigenvalue weighted by Crippen LogP contribution is -2.16. The largest absolute Gasteiger partial charge is 0.485 e. The molecule has 0 bridgehead atoms. The van der Waals surface area contributed by atoms with Gasteiger partial charge in [-0.05, 0) is 31.3 Å². The smallest absolute Gasteiger partial charge is 0.133 e. The highest BCUT2D eigenvalue weighted by Crippen LogP contribution is 2.35. The van der Waals surface area contributed by atoms with Crippen LogP contribution >= 0.6 is 24.2 Å². The van der Waals surface area contributed by atoms with Crippen LogP contribution in [0.4, 0.5) is 0 Å². The highest BCUT2D eigenvalue weighted by atomic mass is 35.5. The van der Waals surface area contributed by atoms with Gasteiger partial charge in [0.1, 0.15) is 11.9 Å². The molecule has 4 heteroatoms. The molecule has 0 radical (unpaired) electrons. The van der Waals surface area contributed by atoms with Crippen LogP contribution in [0, 0.1) is 0 Å². The van der Waals surface area contributed by atoms with Gasteiger partial charge in [0, 0.05) is 16.6 Å². The maximum absolute atomic E-state index is 6.37. The first-order valence-corrected chi connectivity index (χ1v) is 8.70. The lowest BCUT2D eigenvalue weighted by atomic mass is 10.1. The predicted molar refractivity (Wildman–Crippen MR) is 103 cm³/mol. The predicted octanol–water partition coefficient (Wildman–Crippen LogP) is 5.34. The highest BCUT2D eigenvalue weighted by Gasteiger charge is 2.15. The molecule has 0 aliphatic rings. The van der Waals surface area contributed by atoms with E-state index in [0.29, 0.717) is 5.25 Å². The molecule has 0 aliphatic heterocycles. The van der Waals surface area contributed by atoms with Gasteiger partial charge in [-0.3, -0.25) is 0 Å². The zero-order valence-corrected chi connectivity index (χ0v) is 15.6. The van der Waals surface area contributed by atoms with Crippen LogP contribution in [0.2, 0.25) is 0 Å². The van der Waals surface area contributed by atoms with Crippen molar-refractivity contribution in [2.75, 3.05) is 13.6 Å². The lowest BCUT2D eigenvalue weighted by molar-refractivity contribution is 0.190. The Morgan fingerprint density at radius 2 is 1.65 bits per heavy atom. The van der Waals surface area contributed by atoms with Crippen molar-refractivity contribution in [3.05, 3.63) is 60.2 Å². The number of benzene rings is 2. The van der Waals surface area contributed by atoms with E-state index in [-0.39, 0.29) is 18.5 Å². The van der Waals surface area contributed by atoms with E-state index in [2.05, 4.69) is 61.6 Å². The van der Waals surface area contributed by atoms with Crippen molar-refractivity contribution in [3.8, 4) is 5.75 Å². The number of hydrogen-bond acceptors (Lipinski definition) is 3. The molecule has 1 atom stereocenters. The second-order valence-electron chi connectivity index (χ2n) is 5.52. The van der Waals surface area contributed by atoms with E-state index in [1.165, 1.54) is 10.5 Å². The summed E-state index contributed by atoms with van der Waals surface area (Å²) in [5, 5.41) is 3.75. The van der Waals surface area contributed by atoms with E-state index in [9.17, 15) is 0 Å². The van der Waals surface area contributed by atoms with E-state index in [4.69, 9.17) is 4.74 Å². The molecule has 0 aliphatic carbocycles. The van der Waals surface area contributed by atoms with E-state index >= 15 is 0 Å². The molecule has 126 valence electrons. The molecule has 0 fully saturated rings. The number of halogens is 1. The number of hydrogen-bond donors (Lipinski definition) is 1. The van der Waals surface area contributed by atoms with Crippen molar-refractivity contribution in [2.45, 2.75) is 36.5 Å². The SMILES string of the molecule is CNCCC(Oc1ccccc1SC(C)C)c1ccccc1.Cl. The van der Waals surface area contributed by atoms with E-state index in [1.54, 1.807) is 0 Å². The molecule has 2 aromatic carbocycles. The van der Waals surface area contributed by atoms with Crippen LogP contribution in [0.25, 0.3) is 0 Å². The molecule has 0 spiro atoms. The Bertz CT molecular complexity index is 562. The van der Waals surface area contributed by atoms with Crippen LogP contribution < -0.4 is 10.1 Å². The first kappa shape index (κ1) is 19.9. The first-order chi connectivity index (χ1) is 10.7. The van der Waals surface area contributed by atoms with Gasteiger partial charge >= 0.3 is 0 Å². The number of rotatable bonds is 8. The average molecular weight is 352 g/mol. The van der Waals surface area contributed by atoms with Crippen LogP contribution in [0.5, 0.6) is 5.75 Å². The maximum atomic E-state index is 6.37. The second kappa shape index (κ2) is 10.6. The third-order valence-corrected chi connectivity index (χ3v) is 4.37. The highest BCUT2D eigenvalue weighted by molar-refractivity contribution is 8.00. The summed E-state index contributed by atoms with van der Waals surface area (Å²) in [6, 6.07) is 18.8. The Morgan fingerprint density at radius 1 is 1.00 bits per heavy atom. The summed E-state index contributed by atoms with van der Waals surface area (Å²) in [6.07, 6.45) is 1.02. The van der Waals surface area contributed by atoms with Crippen LogP contribution in [-0.2, 0) is 0 Å². The van der Waals surface area contributed by atoms with Crippen molar-refractivity contribution in [1.82, 2.24) is 5.32 Å². The molecule has 0 heterocycles. The summed E-state index contributed by atoms with van der Waals surface area (Å²) >= 11 is 1.85. The number of para-hydroxylation sites is 1. The van der Waals surface area contributed by atoms with Gasteiger partial charge in [-0.25, -0.2) is 0 Å². The maximum Gasteiger partial charge on any atom is 0.133 e. The van der Waals surface area contributed by atoms with Gasteiger partial charge in [0.2, 0.25) is 0 Å². The normalized spacial score (nSPS) is 11.8. The van der Waals surface area contributed by atoms with Gasteiger partial charge in [0.05, 0.1) is 0 Å². The lowest BCUT2D eigenvalue weighted by Gasteiger charge is -2.21. The Kier molecular flexibility index (Phi) is 9.15. The molecular formula is C19H26ClNOS. The van der Waals surface area contributed by atoms with Crippen molar-refractivity contribution in [2.24, 2.45) is 0 Å². The van der Waals surface area contributed by atoms with E-state index < -0.39 is 0 Å². The fraction of sp³-hybridized carbons (Fsp3) is 0.368. The third-order valence-electron chi connectivity index (χ3n) is 3.31. The molecule has 0 aromatic heterocycles. The zero-order chi connectivity index (χ0) is 15.8. The summed E-state index contributed by atoms with van der Waals surface area (Å²) in [7, 11) is 1.98. The van der Waals surface area contributed by atoms with Crippen molar-refractivity contribution in [1.29, 1.82) is 0 Å². The van der Waals surface area contributed by atoms with Crippen LogP contribution in [0.1, 0.15) is 31.9 Å². The number of thioether (sulfide) groups is 1. The Labute approximate surface area is 150 Å². The van der Waals surface area contributed by atoms with Gasteiger partial charge in [-0.1, -0.05) is 56.3 Å². The third kappa shape index (κ3) is 6.46. The van der Waals surface area contributed by atoms with Gasteiger partial charge in [0.25, 0.3) is 0 Å². The molecule has 2 rings (SSSR count). The van der Waals surface area contributed by atoms with Crippen LogP contribution in [-0.4, -0.2) is 18.8 Å². The molecule has 0 saturated heterocycles. The zero-order valence-electron chi connectivity index (χ0n) is 14.0. The van der Waals surface area contributed by atoms with Crippen molar-refractivity contribution < 1.29 is 4.74 Å². The summed E-state index contributed by atoms with van der Waals surface area (Å²) in [4.78, 5) is 1.21. The molecule has 2 aromatic rings. The van der Waals surface area contributed by atoms with Crippen molar-refractivity contribution in [3.63, 3.8) is 0 Å². The number of nitrogens with one attached hydrogen (secondary N) is 1. The summed E-state index contributed by atoms with van der Waals surface area (Å²) in [6.45, 7) is 5.34. The summed E-state index contributed by atoms with van der Waals surface area (Å²) in [5.74, 6) is 0.978. The Morgan fingerprint density at radius 3 is 2.30 bits per heavy atom. The summed E-state index contributed by atoms with van der Waals surface area (Å²) < 4.78 is 6.37. The minimum absolute atomic E-state index is 0. The quantitative estimate of drug-likeness (QED) is 0.649. The molecule has 0 saturated carbocycles. The molecule has 0 amide bonds. The van der Waals surface area contributed by atoms with Crippen LogP contribution in [0.15, 0.2) is 59.5 Å². The second-order valence-corrected chi connectivity index (χ2v) is 7.14. The Balaban J connectivity index is 0.00000264. The standard InChI is InChI=1S/C19H25NOS.ClH/c1-15(2)22-19-12-8-7-11-18(19)21-17(13-14-20-3)16-9-5-4-6-10-16;/h4-12,15,17,20H,13-14H2,1-3H3;1H. The molecule has 1 N–H and O–H groups in total. The topological polar surface area (TPSA) is 21.3 Å². The molecule has 2 nitrogen and oxygen atoms in total. The fourth-order valence-corrected chi connectivity index (χ4v) is 3.19. The minimum atomic E-state index is 0. The first-order valence-electron chi connectivity index (χ1n) is 7.82. The van der Waals surface area contributed by atoms with Crippen LogP contribution in [0.3, 0.4) is 0 Å². The molecule has 23 heavy (non-hydrogen) atoms. The fourth-order valence-electron chi connectivity index (χ4n) is 2.29. The van der Waals surface area contributed by atoms with Gasteiger partial charge in [-0.15, -0.1) is 24.2 Å².